The fourth-order valence-electron chi connectivity index (χ4n) is 15.6. The first kappa shape index (κ1) is 96.5. The molecule has 5 aromatic rings. The molecule has 0 bridgehead atoms. The summed E-state index contributed by atoms with van der Waals surface area (Å²) in [7, 11) is -8.10. The number of aliphatic carboxylic acids is 2. The van der Waals surface area contributed by atoms with Crippen LogP contribution in [0, 0.1) is 29.6 Å². The average Bonchev–Trinajstić information content (AvgIpc) is 0.764. The van der Waals surface area contributed by atoms with Crippen molar-refractivity contribution in [2.75, 3.05) is 0 Å². The van der Waals surface area contributed by atoms with Crippen molar-refractivity contribution >= 4 is 72.7 Å². The maximum Gasteiger partial charge on any atom is 0.394 e. The fraction of sp³-hybridized carbons (Fsp3) is 0.578. The summed E-state index contributed by atoms with van der Waals surface area (Å²) in [5.74, 6) is -3.60. The van der Waals surface area contributed by atoms with Crippen LogP contribution in [0.1, 0.15) is 228 Å². The lowest BCUT2D eigenvalue weighted by Crippen LogP contribution is -2.58. The van der Waals surface area contributed by atoms with Gasteiger partial charge in [0.05, 0.1) is 23.9 Å². The van der Waals surface area contributed by atoms with Crippen LogP contribution in [0.25, 0.3) is 0 Å². The van der Waals surface area contributed by atoms with Gasteiger partial charge in [-0.3, -0.25) is 19.2 Å². The zero-order valence-electron chi connectivity index (χ0n) is 71.9. The summed E-state index contributed by atoms with van der Waals surface area (Å²) in [4.78, 5) is 105. The predicted molar refractivity (Wildman–Crippen MR) is 453 cm³/mol. The molecule has 0 aliphatic carbocycles. The first-order valence-corrected chi connectivity index (χ1v) is 45.8. The Morgan fingerprint density at radius 3 is 0.755 bits per heavy atom. The summed E-state index contributed by atoms with van der Waals surface area (Å²) in [6, 6.07) is 46.9. The second-order valence-electron chi connectivity index (χ2n) is 38.4. The van der Waals surface area contributed by atoms with Crippen molar-refractivity contribution in [3.05, 3.63) is 179 Å². The van der Waals surface area contributed by atoms with Crippen LogP contribution < -0.4 is 16.0 Å². The third-order valence-corrected chi connectivity index (χ3v) is 40.9. The summed E-state index contributed by atoms with van der Waals surface area (Å²) >= 11 is 0. The normalized spacial score (nSPS) is 14.0. The van der Waals surface area contributed by atoms with Crippen LogP contribution in [0.5, 0.6) is 0 Å². The van der Waals surface area contributed by atoms with Crippen molar-refractivity contribution in [1.29, 1.82) is 0 Å². The topological polar surface area (TPSA) is 250 Å². The number of benzene rings is 5. The van der Waals surface area contributed by atoms with E-state index < -0.39 is 96.7 Å². The van der Waals surface area contributed by atoms with Gasteiger partial charge >= 0.3 is 36.2 Å². The molecule has 17 nitrogen and oxygen atoms in total. The predicted octanol–water partition coefficient (Wildman–Crippen LogP) is 21.7. The van der Waals surface area contributed by atoms with Gasteiger partial charge in [0, 0.05) is 19.3 Å². The molecule has 0 spiro atoms. The molecule has 0 saturated carbocycles. The molecule has 5 rings (SSSR count). The first-order valence-electron chi connectivity index (χ1n) is 39.4. The smallest absolute Gasteiger partial charge is 0.394 e. The van der Waals surface area contributed by atoms with Crippen molar-refractivity contribution in [1.82, 2.24) is 16.0 Å². The minimum Gasteiger partial charge on any atom is -0.502 e. The molecule has 3 amide bonds. The molecule has 5 N–H and O–H groups in total. The van der Waals surface area contributed by atoms with Crippen LogP contribution >= 0.6 is 0 Å². The number of Topliss-reactive ketones (excluding diaryl/α,β-unsaturated/α-hetero) is 2. The van der Waals surface area contributed by atoms with Gasteiger partial charge in [0.15, 0.2) is 11.6 Å². The van der Waals surface area contributed by atoms with Gasteiger partial charge < -0.3 is 44.2 Å². The van der Waals surface area contributed by atoms with E-state index in [9.17, 15) is 48.6 Å². The molecule has 0 unspecified atom stereocenters. The minimum atomic E-state index is -2.74. The van der Waals surface area contributed by atoms with Crippen molar-refractivity contribution in [2.45, 2.75) is 304 Å². The molecule has 0 saturated heterocycles. The van der Waals surface area contributed by atoms with Gasteiger partial charge in [0.2, 0.25) is 0 Å². The Bertz CT molecular complexity index is 3650. The van der Waals surface area contributed by atoms with Gasteiger partial charge in [-0.1, -0.05) is 318 Å². The van der Waals surface area contributed by atoms with E-state index in [1.807, 2.05) is 172 Å². The highest BCUT2D eigenvalue weighted by Crippen LogP contribution is 2.57. The highest BCUT2D eigenvalue weighted by Gasteiger charge is 2.61. The van der Waals surface area contributed by atoms with Crippen LogP contribution in [0.4, 0.5) is 14.4 Å². The van der Waals surface area contributed by atoms with E-state index >= 15 is 0 Å². The van der Waals surface area contributed by atoms with Crippen LogP contribution in [-0.2, 0) is 74.1 Å². The SMILES string of the molecule is CC(C)C[Si](OC(=O)N[C@@H](Cc1ccccc1)C(=O)C[C@@H](Cc1ccccc1)C(=O)O)(C(C)(C)C)C(C)(C)C.CC(C)C[Si](OC(=O)N[C@@H](Cc1ccccc1)C(=O)C[C@@H](Cc1ccccc1)C(=O)OC(C)(C)C)(C(C)(C)C)C(C)(C)C.CC(C)C[Si](OC(=O)N[C@@H](Cc1ccccc1)C(=O)O)(C(C)(C)C)C(C)(C)C. The minimum absolute atomic E-state index is 0.0608. The third-order valence-electron chi connectivity index (χ3n) is 20.6. The number of ether oxygens (including phenoxy) is 1. The number of carbonyl (C=O) groups is 8. The monoisotopic (exact) mass is 1570 g/mol. The van der Waals surface area contributed by atoms with E-state index in [0.717, 1.165) is 45.9 Å². The van der Waals surface area contributed by atoms with E-state index in [0.29, 0.717) is 30.6 Å². The number of rotatable bonds is 31. The highest BCUT2D eigenvalue weighted by atomic mass is 28.4. The summed E-state index contributed by atoms with van der Waals surface area (Å²) in [5.41, 5.74) is 3.75. The Morgan fingerprint density at radius 1 is 0.318 bits per heavy atom. The summed E-state index contributed by atoms with van der Waals surface area (Å²) in [5, 5.41) is 26.6. The first-order chi connectivity index (χ1) is 50.5. The van der Waals surface area contributed by atoms with Gasteiger partial charge in [-0.15, -0.1) is 0 Å². The molecule has 0 aromatic heterocycles. The van der Waals surface area contributed by atoms with Crippen LogP contribution in [0.2, 0.25) is 48.4 Å². The zero-order valence-corrected chi connectivity index (χ0v) is 74.9. The zero-order chi connectivity index (χ0) is 83.8. The van der Waals surface area contributed by atoms with Crippen molar-refractivity contribution < 1.29 is 66.6 Å². The largest absolute Gasteiger partial charge is 0.502 e. The van der Waals surface area contributed by atoms with E-state index in [4.69, 9.17) is 18.0 Å². The van der Waals surface area contributed by atoms with Crippen LogP contribution in [0.15, 0.2) is 152 Å². The van der Waals surface area contributed by atoms with E-state index in [-0.39, 0.29) is 73.9 Å². The molecule has 5 aromatic carbocycles. The number of hydrogen-bond acceptors (Lipinski definition) is 12. The molecule has 5 atom stereocenters. The summed E-state index contributed by atoms with van der Waals surface area (Å²) in [6.07, 6.45) is -0.661. The van der Waals surface area contributed by atoms with Gasteiger partial charge in [-0.05, 0) is 140 Å². The number of amides is 3. The Kier molecular flexibility index (Phi) is 36.1. The van der Waals surface area contributed by atoms with Crippen molar-refractivity contribution in [3.63, 3.8) is 0 Å². The van der Waals surface area contributed by atoms with E-state index in [2.05, 4.69) is 182 Å². The maximum absolute atomic E-state index is 14.0. The molecule has 0 fully saturated rings. The van der Waals surface area contributed by atoms with Crippen molar-refractivity contribution in [3.8, 4) is 0 Å². The quantitative estimate of drug-likeness (QED) is 0.0205. The van der Waals surface area contributed by atoms with Crippen LogP contribution in [0.3, 0.4) is 0 Å². The second kappa shape index (κ2) is 41.2. The molecule has 0 heterocycles. The third kappa shape index (κ3) is 30.1. The van der Waals surface area contributed by atoms with Crippen molar-refractivity contribution in [2.24, 2.45) is 29.6 Å². The van der Waals surface area contributed by atoms with Crippen LogP contribution in [-0.4, -0.2) is 107 Å². The second-order valence-corrected chi connectivity index (χ2v) is 54.2. The Hall–Kier alpha value is -7.69. The van der Waals surface area contributed by atoms with Gasteiger partial charge in [-0.25, -0.2) is 19.2 Å². The molecular formula is C90H139N3O14Si3. The average molecular weight is 1570 g/mol. The highest BCUT2D eigenvalue weighted by molar-refractivity contribution is 6.81. The van der Waals surface area contributed by atoms with E-state index in [1.54, 1.807) is 0 Å². The summed E-state index contributed by atoms with van der Waals surface area (Å²) in [6.45, 7) is 56.8. The molecule has 610 valence electrons. The van der Waals surface area contributed by atoms with Gasteiger partial charge in [-0.2, -0.15) is 0 Å². The number of carboxylic acids is 2. The molecular weight excluding hydrogens is 1430 g/mol. The molecule has 0 aliphatic rings. The standard InChI is InChI=1S/C36H55NO5Si.C32H47NO5Si.C22H37NO4Si/c1-26(2)25-43(35(6,7)8,36(9,10)11)42-33(40)37-30(23-28-20-16-13-17-21-28)31(38)24-29(32(39)41-34(3,4)5)22-27-18-14-12-15-19-27;1-23(2)22-39(31(3,4)5,32(6,7)8)38-30(37)33-27(20-25-17-13-10-14-18-25)28(34)21-26(29(35)36)19-24-15-11-9-12-16-24;1-16(2)15-28(21(3,4)5,22(6,7)8)27-20(26)23-18(19(24)25)14-17-12-10-9-11-13-17/h12-21,26,29-30H,22-25H2,1-11H3,(H,37,40);9-18,23,26-27H,19-22H2,1-8H3,(H,33,37)(H,35,36);9-13,16,18H,14-15H2,1-8H3,(H,23,26)(H,24,25)/t29-,30+;26-,27+;18-/m110/s1. The lowest BCUT2D eigenvalue weighted by molar-refractivity contribution is -0.161. The van der Waals surface area contributed by atoms with Gasteiger partial charge in [0.1, 0.15) is 11.6 Å². The Morgan fingerprint density at radius 2 is 0.536 bits per heavy atom. The molecule has 0 radical (unpaired) electrons. The number of ketones is 2. The Balaban J connectivity index is 0.000000437. The number of esters is 1. The number of nitrogens with one attached hydrogen (secondary N) is 3. The maximum atomic E-state index is 14.0. The fourth-order valence-corrected chi connectivity index (χ4v) is 32.7. The number of hydrogen-bond donors (Lipinski definition) is 5. The lowest BCUT2D eigenvalue weighted by Gasteiger charge is -2.50. The number of carbonyl (C=O) groups excluding carboxylic acids is 6. The molecule has 110 heavy (non-hydrogen) atoms. The summed E-state index contributed by atoms with van der Waals surface area (Å²) < 4.78 is 25.0. The molecule has 20 heteroatoms. The lowest BCUT2D eigenvalue weighted by atomic mass is 9.90. The molecule has 0 aliphatic heterocycles. The Labute approximate surface area is 664 Å². The van der Waals surface area contributed by atoms with E-state index in [1.165, 1.54) is 0 Å². The van der Waals surface area contributed by atoms with Gasteiger partial charge in [0.25, 0.3) is 25.0 Å². The number of carboxylic acid groups (broad SMARTS) is 2.